The average molecular weight is 513 g/mol. The van der Waals surface area contributed by atoms with E-state index in [1.807, 2.05) is 30.3 Å². The Kier molecular flexibility index (Phi) is 7.30. The summed E-state index contributed by atoms with van der Waals surface area (Å²) < 4.78 is 12.3. The number of allylic oxidation sites excluding steroid dienone is 1. The van der Waals surface area contributed by atoms with Gasteiger partial charge in [0.1, 0.15) is 11.4 Å². The summed E-state index contributed by atoms with van der Waals surface area (Å²) in [4.78, 5) is 24.6. The molecule has 2 aromatic heterocycles. The first-order valence-corrected chi connectivity index (χ1v) is 11.9. The molecular formula is C28H28N6O4. The number of rotatable bonds is 6. The first kappa shape index (κ1) is 26.2. The highest BCUT2D eigenvalue weighted by molar-refractivity contribution is 5.94. The van der Waals surface area contributed by atoms with Crippen LogP contribution in [0.25, 0.3) is 33.5 Å². The molecule has 4 aromatic rings. The number of methoxy groups -OCH3 is 1. The number of benzene rings is 2. The highest BCUT2D eigenvalue weighted by atomic mass is 16.6. The van der Waals surface area contributed by atoms with Crippen molar-refractivity contribution in [3.8, 4) is 22.9 Å². The molecule has 2 heterocycles. The Balaban J connectivity index is 1.75. The van der Waals surface area contributed by atoms with Gasteiger partial charge >= 0.3 is 6.09 Å². The van der Waals surface area contributed by atoms with Crippen molar-refractivity contribution in [1.29, 1.82) is 5.26 Å². The van der Waals surface area contributed by atoms with E-state index < -0.39 is 11.7 Å². The largest absolute Gasteiger partial charge is 0.497 e. The van der Waals surface area contributed by atoms with Gasteiger partial charge in [0.2, 0.25) is 0 Å². The maximum absolute atomic E-state index is 12.5. The van der Waals surface area contributed by atoms with Gasteiger partial charge in [-0.3, -0.25) is 9.48 Å². The standard InChI is InChI=1S/C28H28N6O4/c1-28(2,3)38-27(36)30-16-24-22-12-18(9-10-21(22)26(35)33-32-24)23-15-31-34(4)25(23)13-19(14-29)17-7-6-8-20(11-17)37-5/h6-13,15H,16H2,1-5H3,(H,30,36)(H,33,35)/b19-13+. The summed E-state index contributed by atoms with van der Waals surface area (Å²) >= 11 is 0. The molecule has 10 heteroatoms. The minimum atomic E-state index is -0.644. The molecule has 0 radical (unpaired) electrons. The molecule has 10 nitrogen and oxygen atoms in total. The summed E-state index contributed by atoms with van der Waals surface area (Å²) in [5.41, 5.74) is 2.87. The van der Waals surface area contributed by atoms with Crippen LogP contribution in [0.4, 0.5) is 4.79 Å². The quantitative estimate of drug-likeness (QED) is 0.365. The maximum atomic E-state index is 12.5. The van der Waals surface area contributed by atoms with Crippen LogP contribution < -0.4 is 15.6 Å². The normalized spacial score (nSPS) is 11.7. The van der Waals surface area contributed by atoms with Gasteiger partial charge in [0.25, 0.3) is 5.56 Å². The van der Waals surface area contributed by atoms with Crippen molar-refractivity contribution in [2.45, 2.75) is 32.9 Å². The van der Waals surface area contributed by atoms with Gasteiger partial charge in [-0.15, -0.1) is 0 Å². The Morgan fingerprint density at radius 1 is 1.21 bits per heavy atom. The van der Waals surface area contributed by atoms with Gasteiger partial charge < -0.3 is 14.8 Å². The Morgan fingerprint density at radius 3 is 2.71 bits per heavy atom. The van der Waals surface area contributed by atoms with Crippen molar-refractivity contribution in [3.63, 3.8) is 0 Å². The number of alkyl carbamates (subject to hydrolysis) is 1. The van der Waals surface area contributed by atoms with Gasteiger partial charge in [-0.05, 0) is 62.2 Å². The number of nitriles is 1. The second kappa shape index (κ2) is 10.6. The number of H-pyrrole nitrogens is 1. The van der Waals surface area contributed by atoms with E-state index >= 15 is 0 Å². The highest BCUT2D eigenvalue weighted by Gasteiger charge is 2.18. The zero-order chi connectivity index (χ0) is 27.4. The number of hydrogen-bond donors (Lipinski definition) is 2. The van der Waals surface area contributed by atoms with E-state index in [-0.39, 0.29) is 12.1 Å². The monoisotopic (exact) mass is 512 g/mol. The molecule has 0 unspecified atom stereocenters. The molecule has 0 aliphatic rings. The molecule has 2 N–H and O–H groups in total. The van der Waals surface area contributed by atoms with Gasteiger partial charge in [0.15, 0.2) is 0 Å². The van der Waals surface area contributed by atoms with Crippen LogP contribution in [-0.4, -0.2) is 38.8 Å². The minimum absolute atomic E-state index is 0.0554. The Hall–Kier alpha value is -4.91. The summed E-state index contributed by atoms with van der Waals surface area (Å²) in [5.74, 6) is 0.647. The van der Waals surface area contributed by atoms with E-state index in [2.05, 4.69) is 26.7 Å². The van der Waals surface area contributed by atoms with Crippen molar-refractivity contribution in [3.05, 3.63) is 76.0 Å². The number of fused-ring (bicyclic) bond motifs is 1. The third-order valence-electron chi connectivity index (χ3n) is 5.74. The molecule has 0 saturated heterocycles. The van der Waals surface area contributed by atoms with Crippen LogP contribution in [0, 0.1) is 11.3 Å². The van der Waals surface area contributed by atoms with Gasteiger partial charge in [-0.1, -0.05) is 18.2 Å². The molecule has 1 amide bonds. The Morgan fingerprint density at radius 2 is 2.00 bits per heavy atom. The fraction of sp³-hybridized carbons (Fsp3) is 0.250. The molecule has 4 rings (SSSR count). The SMILES string of the molecule is COc1cccc(/C(C#N)=C/c2c(-c3ccc4c(=O)[nH]nc(CNC(=O)OC(C)(C)C)c4c3)cnn2C)c1. The Bertz CT molecular complexity index is 1640. The summed E-state index contributed by atoms with van der Waals surface area (Å²) in [6, 6.07) is 14.9. The molecule has 194 valence electrons. The first-order valence-electron chi connectivity index (χ1n) is 11.9. The predicted octanol–water partition coefficient (Wildman–Crippen LogP) is 4.42. The lowest BCUT2D eigenvalue weighted by Gasteiger charge is -2.19. The van der Waals surface area contributed by atoms with Crippen LogP contribution in [0.5, 0.6) is 5.75 Å². The topological polar surface area (TPSA) is 135 Å². The van der Waals surface area contributed by atoms with Crippen molar-refractivity contribution in [2.24, 2.45) is 7.05 Å². The average Bonchev–Trinajstić information content (AvgIpc) is 3.25. The molecule has 2 aromatic carbocycles. The number of aryl methyl sites for hydroxylation is 1. The summed E-state index contributed by atoms with van der Waals surface area (Å²) in [6.45, 7) is 5.38. The molecule has 0 aliphatic carbocycles. The van der Waals surface area contributed by atoms with Gasteiger partial charge in [-0.25, -0.2) is 9.89 Å². The predicted molar refractivity (Wildman–Crippen MR) is 144 cm³/mol. The molecule has 38 heavy (non-hydrogen) atoms. The van der Waals surface area contributed by atoms with E-state index in [0.29, 0.717) is 39.0 Å². The number of hydrogen-bond acceptors (Lipinski definition) is 7. The summed E-state index contributed by atoms with van der Waals surface area (Å²) in [7, 11) is 3.37. The van der Waals surface area contributed by atoms with Crippen LogP contribution in [0.15, 0.2) is 53.5 Å². The number of carbonyl (C=O) groups excluding carboxylic acids is 1. The number of aromatic amines is 1. The summed E-state index contributed by atoms with van der Waals surface area (Å²) in [5, 5.41) is 24.6. The third kappa shape index (κ3) is 5.73. The molecule has 0 saturated carbocycles. The zero-order valence-corrected chi connectivity index (χ0v) is 21.8. The molecule has 0 fully saturated rings. The molecule has 0 bridgehead atoms. The number of amides is 1. The first-order chi connectivity index (χ1) is 18.1. The second-order valence-electron chi connectivity index (χ2n) is 9.58. The van der Waals surface area contributed by atoms with E-state index in [0.717, 1.165) is 11.1 Å². The van der Waals surface area contributed by atoms with Gasteiger partial charge in [0.05, 0.1) is 48.3 Å². The fourth-order valence-electron chi connectivity index (χ4n) is 3.94. The molecule has 0 spiro atoms. The number of ether oxygens (including phenoxy) is 2. The van der Waals surface area contributed by atoms with Crippen molar-refractivity contribution in [1.82, 2.24) is 25.3 Å². The smallest absolute Gasteiger partial charge is 0.407 e. The van der Waals surface area contributed by atoms with Crippen LogP contribution in [-0.2, 0) is 18.3 Å². The number of nitrogens with zero attached hydrogens (tertiary/aromatic N) is 4. The van der Waals surface area contributed by atoms with Gasteiger partial charge in [-0.2, -0.15) is 15.5 Å². The molecular weight excluding hydrogens is 484 g/mol. The lowest BCUT2D eigenvalue weighted by atomic mass is 9.99. The molecule has 0 atom stereocenters. The van der Waals surface area contributed by atoms with Gasteiger partial charge in [0, 0.05) is 18.0 Å². The van der Waals surface area contributed by atoms with Crippen LogP contribution in [0.2, 0.25) is 0 Å². The number of aromatic nitrogens is 4. The van der Waals surface area contributed by atoms with Crippen molar-refractivity contribution >= 4 is 28.5 Å². The third-order valence-corrected chi connectivity index (χ3v) is 5.74. The van der Waals surface area contributed by atoms with Crippen LogP contribution >= 0.6 is 0 Å². The zero-order valence-electron chi connectivity index (χ0n) is 21.8. The number of carbonyl (C=O) groups is 1. The van der Waals surface area contributed by atoms with Crippen LogP contribution in [0.1, 0.15) is 37.7 Å². The number of nitrogens with one attached hydrogen (secondary N) is 2. The lowest BCUT2D eigenvalue weighted by molar-refractivity contribution is 0.0523. The van der Waals surface area contributed by atoms with E-state index in [4.69, 9.17) is 9.47 Å². The Labute approximate surface area is 219 Å². The minimum Gasteiger partial charge on any atom is -0.497 e. The van der Waals surface area contributed by atoms with Crippen LogP contribution in [0.3, 0.4) is 0 Å². The van der Waals surface area contributed by atoms with Crippen molar-refractivity contribution < 1.29 is 14.3 Å². The van der Waals surface area contributed by atoms with E-state index in [1.54, 1.807) is 64.0 Å². The maximum Gasteiger partial charge on any atom is 0.407 e. The van der Waals surface area contributed by atoms with E-state index in [1.165, 1.54) is 0 Å². The second-order valence-corrected chi connectivity index (χ2v) is 9.58. The summed E-state index contributed by atoms with van der Waals surface area (Å²) in [6.07, 6.45) is 2.88. The molecule has 0 aliphatic heterocycles. The lowest BCUT2D eigenvalue weighted by Crippen LogP contribution is -2.32. The fourth-order valence-corrected chi connectivity index (χ4v) is 3.94. The van der Waals surface area contributed by atoms with Crippen molar-refractivity contribution in [2.75, 3.05) is 7.11 Å². The van der Waals surface area contributed by atoms with E-state index in [9.17, 15) is 14.9 Å². The highest BCUT2D eigenvalue weighted by Crippen LogP contribution is 2.30.